The SMILES string of the molecule is C[C@@]1(C(=O)N2CCN(C(=O)c3cc(Cn4c(=O)[nH]c(=O)c5ccccc54)ccc3F)CC2)CCCO1. The molecule has 9 nitrogen and oxygen atoms in total. The molecule has 188 valence electrons. The summed E-state index contributed by atoms with van der Waals surface area (Å²) in [5.74, 6) is -1.20. The van der Waals surface area contributed by atoms with Gasteiger partial charge in [0.2, 0.25) is 0 Å². The zero-order valence-electron chi connectivity index (χ0n) is 20.0. The van der Waals surface area contributed by atoms with Gasteiger partial charge in [-0.3, -0.25) is 23.9 Å². The first-order valence-corrected chi connectivity index (χ1v) is 12.0. The molecule has 2 fully saturated rings. The summed E-state index contributed by atoms with van der Waals surface area (Å²) in [5, 5.41) is 0.361. The zero-order valence-corrected chi connectivity index (χ0v) is 20.0. The minimum absolute atomic E-state index is 0.0531. The van der Waals surface area contributed by atoms with Crippen LogP contribution in [-0.4, -0.2) is 69.6 Å². The lowest BCUT2D eigenvalue weighted by Gasteiger charge is -2.38. The fourth-order valence-electron chi connectivity index (χ4n) is 4.98. The Labute approximate surface area is 206 Å². The van der Waals surface area contributed by atoms with E-state index >= 15 is 0 Å². The molecule has 2 aliphatic rings. The molecule has 1 aromatic heterocycles. The van der Waals surface area contributed by atoms with Crippen molar-refractivity contribution in [1.29, 1.82) is 0 Å². The summed E-state index contributed by atoms with van der Waals surface area (Å²) < 4.78 is 21.8. The van der Waals surface area contributed by atoms with E-state index in [0.717, 1.165) is 6.42 Å². The van der Waals surface area contributed by atoms with E-state index in [9.17, 15) is 23.6 Å². The van der Waals surface area contributed by atoms with Crippen molar-refractivity contribution in [2.45, 2.75) is 31.9 Å². The van der Waals surface area contributed by atoms with Crippen LogP contribution < -0.4 is 11.2 Å². The second kappa shape index (κ2) is 9.34. The number of ether oxygens (including phenoxy) is 1. The van der Waals surface area contributed by atoms with Gasteiger partial charge in [-0.25, -0.2) is 9.18 Å². The van der Waals surface area contributed by atoms with E-state index in [1.807, 2.05) is 0 Å². The molecule has 2 aromatic carbocycles. The number of amides is 2. The van der Waals surface area contributed by atoms with Crippen LogP contribution in [0, 0.1) is 5.82 Å². The van der Waals surface area contributed by atoms with Crippen LogP contribution in [0.5, 0.6) is 0 Å². The van der Waals surface area contributed by atoms with E-state index in [2.05, 4.69) is 4.98 Å². The van der Waals surface area contributed by atoms with Crippen molar-refractivity contribution in [1.82, 2.24) is 19.4 Å². The Morgan fingerprint density at radius 1 is 1.06 bits per heavy atom. The van der Waals surface area contributed by atoms with E-state index in [-0.39, 0.29) is 31.1 Å². The molecule has 0 radical (unpaired) electrons. The third-order valence-corrected chi connectivity index (χ3v) is 7.03. The van der Waals surface area contributed by atoms with Crippen LogP contribution in [0.25, 0.3) is 10.9 Å². The highest BCUT2D eigenvalue weighted by Crippen LogP contribution is 2.28. The molecule has 36 heavy (non-hydrogen) atoms. The average molecular weight is 495 g/mol. The minimum atomic E-state index is -0.809. The maximum absolute atomic E-state index is 14.7. The van der Waals surface area contributed by atoms with Gasteiger partial charge >= 0.3 is 5.69 Å². The van der Waals surface area contributed by atoms with Gasteiger partial charge in [0, 0.05) is 32.8 Å². The molecule has 0 aliphatic carbocycles. The van der Waals surface area contributed by atoms with Gasteiger partial charge in [-0.15, -0.1) is 0 Å². The maximum Gasteiger partial charge on any atom is 0.329 e. The van der Waals surface area contributed by atoms with Crippen LogP contribution in [-0.2, 0) is 16.1 Å². The lowest BCUT2D eigenvalue weighted by Crippen LogP contribution is -2.55. The third-order valence-electron chi connectivity index (χ3n) is 7.03. The van der Waals surface area contributed by atoms with Crippen molar-refractivity contribution >= 4 is 22.7 Å². The number of halogens is 1. The van der Waals surface area contributed by atoms with E-state index in [1.165, 1.54) is 27.7 Å². The Bertz CT molecular complexity index is 1450. The Morgan fingerprint density at radius 3 is 2.50 bits per heavy atom. The van der Waals surface area contributed by atoms with Gasteiger partial charge in [0.25, 0.3) is 17.4 Å². The minimum Gasteiger partial charge on any atom is -0.365 e. The first-order valence-electron chi connectivity index (χ1n) is 12.0. The summed E-state index contributed by atoms with van der Waals surface area (Å²) >= 11 is 0. The molecule has 2 aliphatic heterocycles. The highest BCUT2D eigenvalue weighted by Gasteiger charge is 2.41. The summed E-state index contributed by atoms with van der Waals surface area (Å²) in [6.07, 6.45) is 1.52. The van der Waals surface area contributed by atoms with Crippen LogP contribution >= 0.6 is 0 Å². The van der Waals surface area contributed by atoms with Gasteiger partial charge in [0.15, 0.2) is 0 Å². The fraction of sp³-hybridized carbons (Fsp3) is 0.385. The number of nitrogens with zero attached hydrogens (tertiary/aromatic N) is 3. The average Bonchev–Trinajstić information content (AvgIpc) is 3.34. The summed E-state index contributed by atoms with van der Waals surface area (Å²) in [6.45, 7) is 3.70. The molecule has 0 unspecified atom stereocenters. The van der Waals surface area contributed by atoms with Crippen molar-refractivity contribution in [3.63, 3.8) is 0 Å². The number of aromatic amines is 1. The monoisotopic (exact) mass is 494 g/mol. The number of piperazine rings is 1. The molecule has 1 N–H and O–H groups in total. The van der Waals surface area contributed by atoms with Crippen LogP contribution in [0.4, 0.5) is 4.39 Å². The molecule has 2 saturated heterocycles. The standard InChI is InChI=1S/C26H27FN4O5/c1-26(9-4-14-36-26)24(34)30-12-10-29(11-13-30)23(33)19-15-17(7-8-20(19)27)16-31-21-6-3-2-5-18(21)22(32)28-25(31)35/h2-3,5-8,15H,4,9-14,16H2,1H3,(H,28,32,35)/t26-/m0/s1. The highest BCUT2D eigenvalue weighted by molar-refractivity contribution is 5.95. The summed E-state index contributed by atoms with van der Waals surface area (Å²) in [6, 6.07) is 10.9. The Hall–Kier alpha value is -3.79. The molecule has 3 aromatic rings. The van der Waals surface area contributed by atoms with Crippen molar-refractivity contribution in [2.75, 3.05) is 32.8 Å². The van der Waals surface area contributed by atoms with Gasteiger partial charge in [-0.1, -0.05) is 18.2 Å². The number of H-pyrrole nitrogens is 1. The van der Waals surface area contributed by atoms with Crippen molar-refractivity contribution in [2.24, 2.45) is 0 Å². The quantitative estimate of drug-likeness (QED) is 0.595. The summed E-state index contributed by atoms with van der Waals surface area (Å²) in [5.41, 5.74) is -0.982. The Balaban J connectivity index is 1.34. The number of nitrogens with one attached hydrogen (secondary N) is 1. The highest BCUT2D eigenvalue weighted by atomic mass is 19.1. The predicted octanol–water partition coefficient (Wildman–Crippen LogP) is 1.73. The maximum atomic E-state index is 14.7. The van der Waals surface area contributed by atoms with Gasteiger partial charge in [-0.2, -0.15) is 0 Å². The van der Waals surface area contributed by atoms with Crippen molar-refractivity contribution in [3.8, 4) is 0 Å². The molecule has 10 heteroatoms. The number of fused-ring (bicyclic) bond motifs is 1. The summed E-state index contributed by atoms with van der Waals surface area (Å²) in [4.78, 5) is 56.2. The van der Waals surface area contributed by atoms with E-state index in [4.69, 9.17) is 4.74 Å². The van der Waals surface area contributed by atoms with Gasteiger partial charge < -0.3 is 14.5 Å². The Kier molecular flexibility index (Phi) is 6.21. The fourth-order valence-corrected chi connectivity index (χ4v) is 4.98. The number of para-hydroxylation sites is 1. The zero-order chi connectivity index (χ0) is 25.4. The second-order valence-corrected chi connectivity index (χ2v) is 9.44. The molecular formula is C26H27FN4O5. The molecule has 0 bridgehead atoms. The first-order chi connectivity index (χ1) is 17.3. The molecule has 0 saturated carbocycles. The van der Waals surface area contributed by atoms with Crippen molar-refractivity contribution < 1.29 is 18.7 Å². The van der Waals surface area contributed by atoms with Crippen LogP contribution in [0.2, 0.25) is 0 Å². The van der Waals surface area contributed by atoms with E-state index in [1.54, 1.807) is 36.1 Å². The smallest absolute Gasteiger partial charge is 0.329 e. The Morgan fingerprint density at radius 2 is 1.78 bits per heavy atom. The molecular weight excluding hydrogens is 467 g/mol. The first kappa shape index (κ1) is 23.9. The van der Waals surface area contributed by atoms with E-state index < -0.39 is 28.6 Å². The molecule has 2 amide bonds. The van der Waals surface area contributed by atoms with E-state index in [0.29, 0.717) is 42.6 Å². The van der Waals surface area contributed by atoms with Gasteiger partial charge in [0.1, 0.15) is 11.4 Å². The number of carbonyl (C=O) groups is 2. The molecule has 0 spiro atoms. The predicted molar refractivity (Wildman–Crippen MR) is 130 cm³/mol. The normalized spacial score (nSPS) is 20.2. The lowest BCUT2D eigenvalue weighted by atomic mass is 10.0. The topological polar surface area (TPSA) is 105 Å². The number of aromatic nitrogens is 2. The van der Waals surface area contributed by atoms with Crippen LogP contribution in [0.3, 0.4) is 0 Å². The number of rotatable bonds is 4. The number of hydrogen-bond acceptors (Lipinski definition) is 5. The summed E-state index contributed by atoms with van der Waals surface area (Å²) in [7, 11) is 0. The molecule has 1 atom stereocenters. The van der Waals surface area contributed by atoms with Gasteiger partial charge in [-0.05, 0) is 49.6 Å². The molecule has 3 heterocycles. The second-order valence-electron chi connectivity index (χ2n) is 9.44. The lowest BCUT2D eigenvalue weighted by molar-refractivity contribution is -0.152. The third kappa shape index (κ3) is 4.32. The number of hydrogen-bond donors (Lipinski definition) is 1. The van der Waals surface area contributed by atoms with Gasteiger partial charge in [0.05, 0.1) is 23.0 Å². The molecule has 5 rings (SSSR count). The number of benzene rings is 2. The van der Waals surface area contributed by atoms with Crippen molar-refractivity contribution in [3.05, 3.63) is 80.2 Å². The van der Waals surface area contributed by atoms with Crippen LogP contribution in [0.15, 0.2) is 52.1 Å². The number of carbonyl (C=O) groups excluding carboxylic acids is 2. The van der Waals surface area contributed by atoms with Crippen LogP contribution in [0.1, 0.15) is 35.7 Å². The largest absolute Gasteiger partial charge is 0.365 e.